The molecule has 0 amide bonds. The van der Waals surface area contributed by atoms with Gasteiger partial charge in [0.2, 0.25) is 0 Å². The molecule has 0 aromatic heterocycles. The molecule has 3 heteroatoms. The molecule has 51 heavy (non-hydrogen) atoms. The van der Waals surface area contributed by atoms with Gasteiger partial charge < -0.3 is 4.90 Å². The molecule has 8 rings (SSSR count). The van der Waals surface area contributed by atoms with Crippen molar-refractivity contribution in [2.45, 2.75) is 52.4 Å². The zero-order valence-electron chi connectivity index (χ0n) is 30.0. The van der Waals surface area contributed by atoms with Gasteiger partial charge in [-0.05, 0) is 109 Å². The van der Waals surface area contributed by atoms with E-state index in [1.807, 2.05) is 42.5 Å². The number of rotatable bonds is 4. The Hall–Kier alpha value is -5.80. The lowest BCUT2D eigenvalue weighted by Gasteiger charge is -2.32. The van der Waals surface area contributed by atoms with Crippen LogP contribution in [-0.2, 0) is 10.8 Å². The Kier molecular flexibility index (Phi) is 7.57. The number of anilines is 3. The second kappa shape index (κ2) is 11.9. The highest BCUT2D eigenvalue weighted by atomic mass is 16.2. The van der Waals surface area contributed by atoms with Gasteiger partial charge in [0.05, 0.1) is 11.3 Å². The van der Waals surface area contributed by atoms with Gasteiger partial charge in [0.15, 0.2) is 11.6 Å². The van der Waals surface area contributed by atoms with Crippen LogP contribution in [0.1, 0.15) is 78.9 Å². The summed E-state index contributed by atoms with van der Waals surface area (Å²) in [5, 5.41) is 6.38. The van der Waals surface area contributed by atoms with Crippen LogP contribution in [0.2, 0.25) is 0 Å². The fourth-order valence-electron chi connectivity index (χ4n) is 7.22. The molecule has 0 radical (unpaired) electrons. The number of benzene rings is 7. The van der Waals surface area contributed by atoms with Gasteiger partial charge >= 0.3 is 0 Å². The second-order valence-corrected chi connectivity index (χ2v) is 15.9. The highest BCUT2D eigenvalue weighted by molar-refractivity contribution is 6.42. The fraction of sp³-hybridized carbons (Fsp3) is 0.167. The summed E-state index contributed by atoms with van der Waals surface area (Å²) in [5.41, 5.74) is 7.80. The smallest absolute Gasteiger partial charge is 0.197 e. The molecule has 0 unspecified atom stereocenters. The Labute approximate surface area is 299 Å². The Balaban J connectivity index is 1.24. The van der Waals surface area contributed by atoms with E-state index in [0.29, 0.717) is 11.1 Å². The van der Waals surface area contributed by atoms with Crippen LogP contribution in [0.15, 0.2) is 139 Å². The summed E-state index contributed by atoms with van der Waals surface area (Å²) in [6, 6.07) is 46.3. The zero-order chi connectivity index (χ0) is 35.7. The standard InChI is InChI=1S/C48H41NO2/c1-47(2,3)36-27-37(48(4,5)6)29-39(28-36)49(44-17-11-15-31-12-9-10-16-40(31)44)38-21-20-34-22-30(18-19-35(34)24-38)23-43-45(50)41-25-32-13-7-8-14-33(32)26-42(41)46(43)51/h7-29H,1-6H3. The maximum absolute atomic E-state index is 13.5. The molecular weight excluding hydrogens is 623 g/mol. The summed E-state index contributed by atoms with van der Waals surface area (Å²) < 4.78 is 0. The van der Waals surface area contributed by atoms with Crippen LogP contribution in [0.3, 0.4) is 0 Å². The zero-order valence-corrected chi connectivity index (χ0v) is 30.0. The first-order valence-corrected chi connectivity index (χ1v) is 17.7. The molecule has 0 aliphatic heterocycles. The maximum Gasteiger partial charge on any atom is 0.197 e. The molecule has 1 aliphatic rings. The third kappa shape index (κ3) is 5.83. The molecule has 7 aromatic rings. The lowest BCUT2D eigenvalue weighted by Crippen LogP contribution is -2.19. The first kappa shape index (κ1) is 32.4. The minimum Gasteiger partial charge on any atom is -0.310 e. The Morgan fingerprint density at radius 2 is 1.00 bits per heavy atom. The molecular formula is C48H41NO2. The van der Waals surface area contributed by atoms with Crippen LogP contribution < -0.4 is 4.90 Å². The van der Waals surface area contributed by atoms with Crippen molar-refractivity contribution in [2.75, 3.05) is 4.90 Å². The average molecular weight is 664 g/mol. The molecule has 250 valence electrons. The third-order valence-corrected chi connectivity index (χ3v) is 10.2. The summed E-state index contributed by atoms with van der Waals surface area (Å²) >= 11 is 0. The van der Waals surface area contributed by atoms with Gasteiger partial charge in [-0.2, -0.15) is 0 Å². The molecule has 0 spiro atoms. The van der Waals surface area contributed by atoms with Crippen LogP contribution in [0.25, 0.3) is 38.4 Å². The number of ketones is 2. The number of allylic oxidation sites excluding steroid dienone is 1. The van der Waals surface area contributed by atoms with E-state index in [1.165, 1.54) is 21.9 Å². The minimum atomic E-state index is -0.214. The first-order valence-electron chi connectivity index (χ1n) is 17.7. The maximum atomic E-state index is 13.5. The number of Topliss-reactive ketones (excluding diaryl/α,β-unsaturated/α-hetero) is 2. The van der Waals surface area contributed by atoms with E-state index in [2.05, 4.69) is 137 Å². The SMILES string of the molecule is CC(C)(C)c1cc(N(c2ccc3cc(C=C4C(=O)c5cc6ccccc6cc5C4=O)ccc3c2)c2cccc3ccccc23)cc(C(C)(C)C)c1. The highest BCUT2D eigenvalue weighted by Gasteiger charge is 2.33. The summed E-state index contributed by atoms with van der Waals surface area (Å²) in [5.74, 6) is -0.428. The van der Waals surface area contributed by atoms with Gasteiger partial charge in [0.25, 0.3) is 0 Å². The van der Waals surface area contributed by atoms with Crippen LogP contribution >= 0.6 is 0 Å². The molecule has 1 aliphatic carbocycles. The number of fused-ring (bicyclic) bond motifs is 4. The summed E-state index contributed by atoms with van der Waals surface area (Å²) in [6.07, 6.45) is 1.75. The third-order valence-electron chi connectivity index (χ3n) is 10.2. The molecule has 3 nitrogen and oxygen atoms in total. The normalized spacial score (nSPS) is 13.3. The highest BCUT2D eigenvalue weighted by Crippen LogP contribution is 2.43. The predicted molar refractivity (Wildman–Crippen MR) is 214 cm³/mol. The van der Waals surface area contributed by atoms with Crippen molar-refractivity contribution in [2.24, 2.45) is 0 Å². The summed E-state index contributed by atoms with van der Waals surface area (Å²) in [7, 11) is 0. The Morgan fingerprint density at radius 3 is 1.63 bits per heavy atom. The first-order chi connectivity index (χ1) is 24.3. The van der Waals surface area contributed by atoms with Crippen molar-refractivity contribution in [1.29, 1.82) is 0 Å². The molecule has 0 N–H and O–H groups in total. The van der Waals surface area contributed by atoms with E-state index in [4.69, 9.17) is 0 Å². The largest absolute Gasteiger partial charge is 0.310 e. The molecule has 7 aromatic carbocycles. The Morgan fingerprint density at radius 1 is 0.471 bits per heavy atom. The van der Waals surface area contributed by atoms with Crippen LogP contribution in [0.5, 0.6) is 0 Å². The molecule has 0 fully saturated rings. The van der Waals surface area contributed by atoms with Gasteiger partial charge in [-0.25, -0.2) is 0 Å². The minimum absolute atomic E-state index is 0.0361. The van der Waals surface area contributed by atoms with Crippen molar-refractivity contribution in [1.82, 2.24) is 0 Å². The van der Waals surface area contributed by atoms with Gasteiger partial charge in [-0.15, -0.1) is 0 Å². The monoisotopic (exact) mass is 663 g/mol. The van der Waals surface area contributed by atoms with Gasteiger partial charge in [-0.1, -0.05) is 126 Å². The average Bonchev–Trinajstić information content (AvgIpc) is 3.33. The van der Waals surface area contributed by atoms with Gasteiger partial charge in [0, 0.05) is 27.9 Å². The fourth-order valence-corrected chi connectivity index (χ4v) is 7.22. The van der Waals surface area contributed by atoms with E-state index in [-0.39, 0.29) is 28.0 Å². The Bertz CT molecular complexity index is 2500. The van der Waals surface area contributed by atoms with E-state index in [1.54, 1.807) is 6.08 Å². The van der Waals surface area contributed by atoms with E-state index >= 15 is 0 Å². The van der Waals surface area contributed by atoms with Crippen LogP contribution in [0, 0.1) is 0 Å². The number of carbonyl (C=O) groups excluding carboxylic acids is 2. The number of hydrogen-bond donors (Lipinski definition) is 0. The number of nitrogens with zero attached hydrogens (tertiary/aromatic N) is 1. The quantitative estimate of drug-likeness (QED) is 0.139. The lowest BCUT2D eigenvalue weighted by molar-refractivity contribution is 0.0990. The van der Waals surface area contributed by atoms with Gasteiger partial charge in [0.1, 0.15) is 0 Å². The van der Waals surface area contributed by atoms with Crippen molar-refractivity contribution in [3.05, 3.63) is 167 Å². The van der Waals surface area contributed by atoms with Crippen molar-refractivity contribution >= 4 is 67.0 Å². The molecule has 0 atom stereocenters. The number of hydrogen-bond acceptors (Lipinski definition) is 3. The lowest BCUT2D eigenvalue weighted by atomic mass is 9.80. The van der Waals surface area contributed by atoms with Crippen molar-refractivity contribution < 1.29 is 9.59 Å². The molecule has 0 bridgehead atoms. The topological polar surface area (TPSA) is 37.4 Å². The van der Waals surface area contributed by atoms with E-state index in [9.17, 15) is 9.59 Å². The number of carbonyl (C=O) groups is 2. The van der Waals surface area contributed by atoms with E-state index in [0.717, 1.165) is 44.2 Å². The predicted octanol–water partition coefficient (Wildman–Crippen LogP) is 12.7. The van der Waals surface area contributed by atoms with E-state index < -0.39 is 0 Å². The van der Waals surface area contributed by atoms with Gasteiger partial charge in [-0.3, -0.25) is 9.59 Å². The molecule has 0 saturated carbocycles. The summed E-state index contributed by atoms with van der Waals surface area (Å²) in [6.45, 7) is 13.6. The van der Waals surface area contributed by atoms with Crippen LogP contribution in [-0.4, -0.2) is 11.6 Å². The molecule has 0 heterocycles. The second-order valence-electron chi connectivity index (χ2n) is 15.9. The molecule has 0 saturated heterocycles. The summed E-state index contributed by atoms with van der Waals surface area (Å²) in [4.78, 5) is 29.3. The van der Waals surface area contributed by atoms with Crippen LogP contribution in [0.4, 0.5) is 17.1 Å². The van der Waals surface area contributed by atoms with Crippen molar-refractivity contribution in [3.63, 3.8) is 0 Å². The van der Waals surface area contributed by atoms with Crippen molar-refractivity contribution in [3.8, 4) is 0 Å².